The molecule has 0 amide bonds. The minimum atomic E-state index is 0.908. The summed E-state index contributed by atoms with van der Waals surface area (Å²) in [5, 5.41) is 4.93. The quantitative estimate of drug-likeness (QED) is 0.181. The van der Waals surface area contributed by atoms with E-state index < -0.39 is 0 Å². The van der Waals surface area contributed by atoms with Gasteiger partial charge in [0, 0.05) is 38.6 Å². The first kappa shape index (κ1) is 29.2. The van der Waals surface area contributed by atoms with Crippen molar-refractivity contribution in [2.45, 2.75) is 0 Å². The molecule has 4 aromatic heterocycles. The molecule has 0 fully saturated rings. The van der Waals surface area contributed by atoms with Gasteiger partial charge >= 0.3 is 0 Å². The highest BCUT2D eigenvalue weighted by Crippen LogP contribution is 2.39. The molecule has 0 aliphatic heterocycles. The topological polar surface area (TPSA) is 32.1 Å². The lowest BCUT2D eigenvalue weighted by molar-refractivity contribution is 1.11. The zero-order valence-corrected chi connectivity index (χ0v) is 29.1. The molecular weight excluding hydrogens is 659 g/mol. The lowest BCUT2D eigenvalue weighted by atomic mass is 10.0. The first-order chi connectivity index (χ1) is 26.8. The number of aromatic nitrogens is 5. The summed E-state index contributed by atoms with van der Waals surface area (Å²) in [5.41, 5.74) is 14.8. The summed E-state index contributed by atoms with van der Waals surface area (Å²) in [4.78, 5) is 5.16. The number of hydrogen-bond donors (Lipinski definition) is 0. The molecule has 12 aromatic rings. The third-order valence-electron chi connectivity index (χ3n) is 11.1. The van der Waals surface area contributed by atoms with E-state index in [0.29, 0.717) is 0 Å². The monoisotopic (exact) mass is 689 g/mol. The van der Waals surface area contributed by atoms with Crippen LogP contribution in [0.25, 0.3) is 99.6 Å². The van der Waals surface area contributed by atoms with Gasteiger partial charge in [-0.2, -0.15) is 0 Å². The molecule has 0 spiro atoms. The van der Waals surface area contributed by atoms with Crippen molar-refractivity contribution in [3.8, 4) is 28.2 Å². The fourth-order valence-electron chi connectivity index (χ4n) is 8.82. The van der Waals surface area contributed by atoms with Crippen molar-refractivity contribution in [1.82, 2.24) is 23.1 Å². The van der Waals surface area contributed by atoms with Gasteiger partial charge in [-0.1, -0.05) is 97.1 Å². The van der Waals surface area contributed by atoms with Gasteiger partial charge < -0.3 is 9.13 Å². The van der Waals surface area contributed by atoms with Gasteiger partial charge in [-0.05, 0) is 102 Å². The Morgan fingerprint density at radius 1 is 0.296 bits per heavy atom. The predicted molar refractivity (Wildman–Crippen MR) is 224 cm³/mol. The Hall–Kier alpha value is -7.37. The zero-order chi connectivity index (χ0) is 35.3. The van der Waals surface area contributed by atoms with Crippen molar-refractivity contribution in [3.63, 3.8) is 0 Å². The maximum absolute atomic E-state index is 5.16. The Labute approximate surface area is 309 Å². The third-order valence-corrected chi connectivity index (χ3v) is 11.1. The molecule has 0 atom stereocenters. The van der Waals surface area contributed by atoms with E-state index in [2.05, 4.69) is 206 Å². The largest absolute Gasteiger partial charge is 0.309 e. The number of para-hydroxylation sites is 7. The maximum Gasteiger partial charge on any atom is 0.220 e. The molecule has 5 nitrogen and oxygen atoms in total. The first-order valence-electron chi connectivity index (χ1n) is 18.4. The fraction of sp³-hybridized carbons (Fsp3) is 0. The van der Waals surface area contributed by atoms with Crippen molar-refractivity contribution in [1.29, 1.82) is 0 Å². The molecule has 0 saturated heterocycles. The Balaban J connectivity index is 1.10. The minimum absolute atomic E-state index is 0.908. The number of fused-ring (bicyclic) bond motifs is 11. The average Bonchev–Trinajstić information content (AvgIpc) is 3.96. The molecule has 0 radical (unpaired) electrons. The van der Waals surface area contributed by atoms with Crippen molar-refractivity contribution in [3.05, 3.63) is 188 Å². The van der Waals surface area contributed by atoms with Crippen molar-refractivity contribution in [2.75, 3.05) is 0 Å². The molecule has 8 aromatic carbocycles. The van der Waals surface area contributed by atoms with Gasteiger partial charge in [0.1, 0.15) is 0 Å². The Morgan fingerprint density at radius 3 is 1.61 bits per heavy atom. The molecule has 54 heavy (non-hydrogen) atoms. The Morgan fingerprint density at radius 2 is 0.833 bits per heavy atom. The second kappa shape index (κ2) is 11.1. The van der Waals surface area contributed by atoms with Gasteiger partial charge in [0.05, 0.1) is 44.1 Å². The molecule has 0 saturated carbocycles. The van der Waals surface area contributed by atoms with E-state index in [4.69, 9.17) is 4.98 Å². The molecule has 0 unspecified atom stereocenters. The van der Waals surface area contributed by atoms with Crippen LogP contribution in [0.4, 0.5) is 0 Å². The third kappa shape index (κ3) is 4.06. The van der Waals surface area contributed by atoms with Crippen LogP contribution in [0.2, 0.25) is 0 Å². The second-order valence-electron chi connectivity index (χ2n) is 14.1. The van der Waals surface area contributed by atoms with Gasteiger partial charge in [-0.15, -0.1) is 0 Å². The Bertz CT molecular complexity index is 3390. The lowest BCUT2D eigenvalue weighted by Crippen LogP contribution is -1.96. The molecule has 252 valence electrons. The van der Waals surface area contributed by atoms with Gasteiger partial charge in [0.2, 0.25) is 5.78 Å². The highest BCUT2D eigenvalue weighted by molar-refractivity contribution is 6.12. The highest BCUT2D eigenvalue weighted by Gasteiger charge is 2.20. The minimum Gasteiger partial charge on any atom is -0.309 e. The predicted octanol–water partition coefficient (Wildman–Crippen LogP) is 12.3. The van der Waals surface area contributed by atoms with Gasteiger partial charge in [-0.3, -0.25) is 8.97 Å². The smallest absolute Gasteiger partial charge is 0.220 e. The van der Waals surface area contributed by atoms with Crippen LogP contribution in [0.5, 0.6) is 0 Å². The maximum atomic E-state index is 5.16. The first-order valence-corrected chi connectivity index (χ1v) is 18.4. The average molecular weight is 690 g/mol. The van der Waals surface area contributed by atoms with E-state index in [1.807, 2.05) is 0 Å². The van der Waals surface area contributed by atoms with Crippen LogP contribution in [0.1, 0.15) is 0 Å². The summed E-state index contributed by atoms with van der Waals surface area (Å²) < 4.78 is 9.37. The van der Waals surface area contributed by atoms with E-state index in [0.717, 1.165) is 50.4 Å². The summed E-state index contributed by atoms with van der Waals surface area (Å²) in [5.74, 6) is 0.908. The summed E-state index contributed by atoms with van der Waals surface area (Å²) in [6.07, 6.45) is 0. The standard InChI is InChI=1S/C49H31N5/c1-2-14-34(15-3-1)51-44-27-25-33(32-13-12-16-35(29-32)52-42-20-7-4-17-37(42)38-18-5-8-21-43(38)52)30-39(44)40-31-36(26-28-45(40)51)53-47-23-10-11-24-48(47)54-46-22-9-6-19-41(46)50-49(53)54/h1-31H. The van der Waals surface area contributed by atoms with E-state index in [9.17, 15) is 0 Å². The van der Waals surface area contributed by atoms with Crippen LogP contribution in [0.15, 0.2) is 188 Å². The zero-order valence-electron chi connectivity index (χ0n) is 29.1. The molecule has 4 heterocycles. The molecular formula is C49H31N5. The molecule has 5 heteroatoms. The molecule has 12 rings (SSSR count). The number of benzene rings is 8. The summed E-state index contributed by atoms with van der Waals surface area (Å²) in [7, 11) is 0. The Kier molecular flexibility index (Phi) is 5.99. The van der Waals surface area contributed by atoms with Crippen LogP contribution in [-0.4, -0.2) is 23.1 Å². The van der Waals surface area contributed by atoms with E-state index in [-0.39, 0.29) is 0 Å². The summed E-state index contributed by atoms with van der Waals surface area (Å²) in [6.45, 7) is 0. The second-order valence-corrected chi connectivity index (χ2v) is 14.1. The van der Waals surface area contributed by atoms with Crippen LogP contribution < -0.4 is 0 Å². The van der Waals surface area contributed by atoms with E-state index >= 15 is 0 Å². The van der Waals surface area contributed by atoms with Crippen molar-refractivity contribution >= 4 is 71.5 Å². The molecule has 0 bridgehead atoms. The van der Waals surface area contributed by atoms with E-state index in [1.54, 1.807) is 0 Å². The van der Waals surface area contributed by atoms with Gasteiger partial charge in [0.15, 0.2) is 0 Å². The summed E-state index contributed by atoms with van der Waals surface area (Å²) >= 11 is 0. The molecule has 0 aliphatic carbocycles. The summed E-state index contributed by atoms with van der Waals surface area (Å²) in [6, 6.07) is 67.8. The number of imidazole rings is 2. The molecule has 0 N–H and O–H groups in total. The fourth-order valence-corrected chi connectivity index (χ4v) is 8.82. The highest BCUT2D eigenvalue weighted by atomic mass is 15.2. The number of nitrogens with zero attached hydrogens (tertiary/aromatic N) is 5. The van der Waals surface area contributed by atoms with Crippen LogP contribution in [-0.2, 0) is 0 Å². The lowest BCUT2D eigenvalue weighted by Gasteiger charge is -2.11. The number of hydrogen-bond acceptors (Lipinski definition) is 1. The van der Waals surface area contributed by atoms with Gasteiger partial charge in [0.25, 0.3) is 0 Å². The SMILES string of the molecule is c1ccc(-n2c3ccc(-c4cccc(-n5c6ccccc6c6ccccc65)c4)cc3c3cc(-n4c5ccccc5n5c6ccccc6nc45)ccc32)cc1. The van der Waals surface area contributed by atoms with Crippen LogP contribution in [0, 0.1) is 0 Å². The van der Waals surface area contributed by atoms with E-state index in [1.165, 1.54) is 49.2 Å². The molecule has 0 aliphatic rings. The normalized spacial score (nSPS) is 12.1. The van der Waals surface area contributed by atoms with Gasteiger partial charge in [-0.25, -0.2) is 4.98 Å². The van der Waals surface area contributed by atoms with Crippen molar-refractivity contribution in [2.24, 2.45) is 0 Å². The number of rotatable bonds is 4. The van der Waals surface area contributed by atoms with Crippen LogP contribution >= 0.6 is 0 Å². The van der Waals surface area contributed by atoms with Crippen molar-refractivity contribution < 1.29 is 0 Å². The van der Waals surface area contributed by atoms with Crippen LogP contribution in [0.3, 0.4) is 0 Å².